The molecule has 0 aliphatic heterocycles. The van der Waals surface area contributed by atoms with E-state index in [-0.39, 0.29) is 16.8 Å². The smallest absolute Gasteiger partial charge is 0.309 e. The van der Waals surface area contributed by atoms with Crippen LogP contribution in [0.3, 0.4) is 0 Å². The van der Waals surface area contributed by atoms with E-state index in [1.165, 1.54) is 19.2 Å². The van der Waals surface area contributed by atoms with Crippen LogP contribution in [0.5, 0.6) is 0 Å². The minimum Gasteiger partial charge on any atom is -0.469 e. The molecule has 0 aromatic heterocycles. The van der Waals surface area contributed by atoms with Gasteiger partial charge in [0.15, 0.2) is 0 Å². The summed E-state index contributed by atoms with van der Waals surface area (Å²) >= 11 is 0. The number of carbonyl (C=O) groups is 1. The summed E-state index contributed by atoms with van der Waals surface area (Å²) in [5, 5.41) is 4.13. The second kappa shape index (κ2) is 7.29. The van der Waals surface area contributed by atoms with Crippen molar-refractivity contribution in [3.05, 3.63) is 65.2 Å². The first kappa shape index (κ1) is 18.1. The molecule has 0 unspecified atom stereocenters. The lowest BCUT2D eigenvalue weighted by molar-refractivity contribution is -0.145. The van der Waals surface area contributed by atoms with Crippen molar-refractivity contribution < 1.29 is 17.9 Å². The molecule has 0 fully saturated rings. The van der Waals surface area contributed by atoms with Gasteiger partial charge in [0.05, 0.1) is 23.6 Å². The highest BCUT2D eigenvalue weighted by Gasteiger charge is 2.29. The maximum atomic E-state index is 12.5. The Kier molecular flexibility index (Phi) is 5.08. The summed E-state index contributed by atoms with van der Waals surface area (Å²) in [4.78, 5) is 14.4. The van der Waals surface area contributed by atoms with Gasteiger partial charge in [-0.25, -0.2) is 0 Å². The van der Waals surface area contributed by atoms with Crippen LogP contribution < -0.4 is 4.83 Å². The molecule has 136 valence electrons. The number of carbonyl (C=O) groups excluding carboxylic acids is 1. The van der Waals surface area contributed by atoms with E-state index in [2.05, 4.69) is 9.93 Å². The van der Waals surface area contributed by atoms with Crippen LogP contribution in [0.1, 0.15) is 23.1 Å². The summed E-state index contributed by atoms with van der Waals surface area (Å²) in [6.07, 6.45) is 0.868. The highest BCUT2D eigenvalue weighted by Crippen LogP contribution is 2.27. The number of sulfonamides is 1. The number of hydrogen-bond acceptors (Lipinski definition) is 5. The number of nitrogens with one attached hydrogen (secondary N) is 1. The van der Waals surface area contributed by atoms with Gasteiger partial charge in [0.25, 0.3) is 10.0 Å². The first-order valence-corrected chi connectivity index (χ1v) is 9.70. The van der Waals surface area contributed by atoms with Crippen molar-refractivity contribution >= 4 is 21.7 Å². The molecule has 0 radical (unpaired) electrons. The fourth-order valence-corrected chi connectivity index (χ4v) is 3.82. The molecule has 2 aromatic rings. The van der Waals surface area contributed by atoms with E-state index in [0.717, 1.165) is 16.7 Å². The molecule has 7 heteroatoms. The number of hydrazone groups is 1. The molecule has 0 saturated heterocycles. The average Bonchev–Trinajstić information content (AvgIpc) is 2.65. The van der Waals surface area contributed by atoms with Crippen molar-refractivity contribution in [1.82, 2.24) is 4.83 Å². The van der Waals surface area contributed by atoms with Gasteiger partial charge in [-0.3, -0.25) is 4.79 Å². The Labute approximate surface area is 152 Å². The molecule has 0 bridgehead atoms. The van der Waals surface area contributed by atoms with Crippen molar-refractivity contribution in [2.24, 2.45) is 11.0 Å². The molecule has 0 amide bonds. The molecule has 1 aliphatic rings. The topological polar surface area (TPSA) is 84.8 Å². The van der Waals surface area contributed by atoms with Crippen LogP contribution >= 0.6 is 0 Å². The molecule has 1 N–H and O–H groups in total. The van der Waals surface area contributed by atoms with Crippen LogP contribution in [0, 0.1) is 12.8 Å². The third-order valence-corrected chi connectivity index (χ3v) is 5.63. The van der Waals surface area contributed by atoms with E-state index in [0.29, 0.717) is 18.6 Å². The molecule has 0 heterocycles. The SMILES string of the molecule is COC(=O)[C@@H]1CC(=NNS(=O)(=O)c2ccc(C)cc2)c2ccccc2C1. The minimum absolute atomic E-state index is 0.140. The number of nitrogens with zero attached hydrogens (tertiary/aromatic N) is 1. The van der Waals surface area contributed by atoms with Crippen LogP contribution in [-0.4, -0.2) is 27.2 Å². The summed E-state index contributed by atoms with van der Waals surface area (Å²) < 4.78 is 29.8. The third-order valence-electron chi connectivity index (χ3n) is 4.40. The number of aryl methyl sites for hydroxylation is 1. The van der Waals surface area contributed by atoms with Crippen molar-refractivity contribution in [1.29, 1.82) is 0 Å². The quantitative estimate of drug-likeness (QED) is 0.660. The predicted molar refractivity (Wildman–Crippen MR) is 98.3 cm³/mol. The molecule has 1 aliphatic carbocycles. The first-order chi connectivity index (χ1) is 12.4. The zero-order valence-electron chi connectivity index (χ0n) is 14.6. The minimum atomic E-state index is -3.78. The van der Waals surface area contributed by atoms with E-state index < -0.39 is 10.0 Å². The molecule has 0 spiro atoms. The number of esters is 1. The Morgan fingerprint density at radius 2 is 1.81 bits per heavy atom. The third kappa shape index (κ3) is 3.77. The van der Waals surface area contributed by atoms with Crippen molar-refractivity contribution in [2.75, 3.05) is 7.11 Å². The van der Waals surface area contributed by atoms with E-state index in [1.54, 1.807) is 12.1 Å². The van der Waals surface area contributed by atoms with E-state index in [4.69, 9.17) is 4.74 Å². The van der Waals surface area contributed by atoms with Gasteiger partial charge >= 0.3 is 5.97 Å². The van der Waals surface area contributed by atoms with Gasteiger partial charge in [-0.2, -0.15) is 18.4 Å². The Morgan fingerprint density at radius 3 is 2.50 bits per heavy atom. The fraction of sp³-hybridized carbons (Fsp3) is 0.263. The Bertz CT molecular complexity index is 950. The number of methoxy groups -OCH3 is 1. The largest absolute Gasteiger partial charge is 0.469 e. The standard InChI is InChI=1S/C19H20N2O4S/c1-13-7-9-16(10-8-13)26(23,24)21-20-18-12-15(19(22)25-2)11-14-5-3-4-6-17(14)18/h3-10,15,21H,11-12H2,1-2H3/t15-/m0/s1. The van der Waals surface area contributed by atoms with Crippen LogP contribution in [0.2, 0.25) is 0 Å². The van der Waals surface area contributed by atoms with Gasteiger partial charge < -0.3 is 4.74 Å². The number of benzene rings is 2. The van der Waals surface area contributed by atoms with Crippen LogP contribution in [-0.2, 0) is 26.0 Å². The second-order valence-corrected chi connectivity index (χ2v) is 7.91. The zero-order valence-corrected chi connectivity index (χ0v) is 15.4. The van der Waals surface area contributed by atoms with Gasteiger partial charge in [0, 0.05) is 12.0 Å². The highest BCUT2D eigenvalue weighted by molar-refractivity contribution is 7.89. The second-order valence-electron chi connectivity index (χ2n) is 6.25. The van der Waals surface area contributed by atoms with Gasteiger partial charge in [0.2, 0.25) is 0 Å². The lowest BCUT2D eigenvalue weighted by atomic mass is 9.82. The summed E-state index contributed by atoms with van der Waals surface area (Å²) in [6.45, 7) is 1.88. The zero-order chi connectivity index (χ0) is 18.7. The number of rotatable bonds is 4. The normalized spacial score (nSPS) is 18.2. The maximum Gasteiger partial charge on any atom is 0.309 e. The first-order valence-electron chi connectivity index (χ1n) is 8.22. The van der Waals surface area contributed by atoms with Crippen LogP contribution in [0.25, 0.3) is 0 Å². The summed E-state index contributed by atoms with van der Waals surface area (Å²) in [5.74, 6) is -0.703. The van der Waals surface area contributed by atoms with Gasteiger partial charge in [0.1, 0.15) is 0 Å². The Balaban J connectivity index is 1.91. The Hall–Kier alpha value is -2.67. The van der Waals surface area contributed by atoms with E-state index in [1.807, 2.05) is 31.2 Å². The average molecular weight is 372 g/mol. The molecular formula is C19H20N2O4S. The molecule has 3 rings (SSSR count). The molecule has 0 saturated carbocycles. The van der Waals surface area contributed by atoms with Crippen LogP contribution in [0.15, 0.2) is 58.5 Å². The van der Waals surface area contributed by atoms with Gasteiger partial charge in [-0.05, 0) is 31.0 Å². The summed E-state index contributed by atoms with van der Waals surface area (Å²) in [6, 6.07) is 14.0. The van der Waals surface area contributed by atoms with Gasteiger partial charge in [-0.1, -0.05) is 42.0 Å². The molecular weight excluding hydrogens is 352 g/mol. The van der Waals surface area contributed by atoms with Crippen LogP contribution in [0.4, 0.5) is 0 Å². The van der Waals surface area contributed by atoms with Crippen molar-refractivity contribution in [3.63, 3.8) is 0 Å². The lowest BCUT2D eigenvalue weighted by Gasteiger charge is -2.24. The van der Waals surface area contributed by atoms with E-state index in [9.17, 15) is 13.2 Å². The molecule has 2 aromatic carbocycles. The number of hydrogen-bond donors (Lipinski definition) is 1. The van der Waals surface area contributed by atoms with E-state index >= 15 is 0 Å². The summed E-state index contributed by atoms with van der Waals surface area (Å²) in [7, 11) is -2.43. The fourth-order valence-electron chi connectivity index (χ4n) is 2.99. The van der Waals surface area contributed by atoms with Crippen molar-refractivity contribution in [2.45, 2.75) is 24.7 Å². The van der Waals surface area contributed by atoms with Gasteiger partial charge in [-0.15, -0.1) is 0 Å². The number of fused-ring (bicyclic) bond motifs is 1. The highest BCUT2D eigenvalue weighted by atomic mass is 32.2. The maximum absolute atomic E-state index is 12.5. The molecule has 6 nitrogen and oxygen atoms in total. The predicted octanol–water partition coefficient (Wildman–Crippen LogP) is 2.41. The lowest BCUT2D eigenvalue weighted by Crippen LogP contribution is -2.30. The molecule has 26 heavy (non-hydrogen) atoms. The monoisotopic (exact) mass is 372 g/mol. The summed E-state index contributed by atoms with van der Waals surface area (Å²) in [5.41, 5.74) is 3.29. The molecule has 1 atom stereocenters. The Morgan fingerprint density at radius 1 is 1.12 bits per heavy atom. The number of ether oxygens (including phenoxy) is 1. The van der Waals surface area contributed by atoms with Crippen molar-refractivity contribution in [3.8, 4) is 0 Å².